The van der Waals surface area contributed by atoms with Gasteiger partial charge in [-0.15, -0.1) is 0 Å². The number of methoxy groups -OCH3 is 1. The number of ether oxygens (including phenoxy) is 1. The van der Waals surface area contributed by atoms with Crippen molar-refractivity contribution in [3.8, 4) is 0 Å². The predicted molar refractivity (Wildman–Crippen MR) is 67.7 cm³/mol. The van der Waals surface area contributed by atoms with Crippen LogP contribution >= 0.6 is 0 Å². The lowest BCUT2D eigenvalue weighted by atomic mass is 9.96. The molecule has 0 spiro atoms. The summed E-state index contributed by atoms with van der Waals surface area (Å²) >= 11 is 0. The second kappa shape index (κ2) is 5.18. The number of aryl methyl sites for hydroxylation is 1. The summed E-state index contributed by atoms with van der Waals surface area (Å²) in [6.07, 6.45) is 0.463. The number of hydrogen-bond acceptors (Lipinski definition) is 3. The van der Waals surface area contributed by atoms with Gasteiger partial charge < -0.3 is 14.8 Å². The second-order valence-electron chi connectivity index (χ2n) is 4.27. The number of fused-ring (bicyclic) bond motifs is 1. The Bertz CT molecular complexity index is 562. The molecule has 5 heteroatoms. The number of hydrogen-bond donors (Lipinski definition) is 2. The van der Waals surface area contributed by atoms with Crippen molar-refractivity contribution in [2.24, 2.45) is 0 Å². The number of carbonyl (C=O) groups is 1. The lowest BCUT2D eigenvalue weighted by molar-refractivity contribution is -0.139. The van der Waals surface area contributed by atoms with Crippen molar-refractivity contribution in [3.05, 3.63) is 29.6 Å². The average molecular weight is 248 g/mol. The summed E-state index contributed by atoms with van der Waals surface area (Å²) in [5.74, 6) is -0.550. The molecule has 1 aromatic heterocycles. The normalized spacial score (nSPS) is 12.8. The van der Waals surface area contributed by atoms with E-state index in [0.29, 0.717) is 13.0 Å². The molecule has 0 bridgehead atoms. The highest BCUT2D eigenvalue weighted by Gasteiger charge is 2.20. The highest BCUT2D eigenvalue weighted by molar-refractivity contribution is 5.81. The van der Waals surface area contributed by atoms with Crippen LogP contribution in [0, 0.1) is 6.92 Å². The largest absolute Gasteiger partial charge is 0.481 e. The molecule has 2 aromatic rings. The molecule has 0 aliphatic rings. The zero-order chi connectivity index (χ0) is 13.1. The van der Waals surface area contributed by atoms with Crippen LogP contribution < -0.4 is 0 Å². The van der Waals surface area contributed by atoms with E-state index in [9.17, 15) is 9.90 Å². The summed E-state index contributed by atoms with van der Waals surface area (Å²) in [7, 11) is 1.57. The van der Waals surface area contributed by atoms with E-state index < -0.39 is 11.9 Å². The molecule has 0 aliphatic heterocycles. The average Bonchev–Trinajstić information content (AvgIpc) is 2.68. The summed E-state index contributed by atoms with van der Waals surface area (Å²) < 4.78 is 4.95. The Hall–Kier alpha value is -1.88. The Labute approximate surface area is 105 Å². The van der Waals surface area contributed by atoms with E-state index in [2.05, 4.69) is 9.97 Å². The summed E-state index contributed by atoms with van der Waals surface area (Å²) in [6.45, 7) is 2.30. The van der Waals surface area contributed by atoms with Gasteiger partial charge >= 0.3 is 5.97 Å². The fraction of sp³-hybridized carbons (Fsp3) is 0.385. The maximum Gasteiger partial charge on any atom is 0.311 e. The van der Waals surface area contributed by atoms with E-state index in [1.165, 1.54) is 0 Å². The quantitative estimate of drug-likeness (QED) is 0.849. The van der Waals surface area contributed by atoms with Crippen molar-refractivity contribution in [1.82, 2.24) is 9.97 Å². The van der Waals surface area contributed by atoms with Crippen LogP contribution in [0.25, 0.3) is 11.0 Å². The number of aromatic nitrogens is 2. The van der Waals surface area contributed by atoms with Crippen molar-refractivity contribution < 1.29 is 14.6 Å². The van der Waals surface area contributed by atoms with Gasteiger partial charge in [0.05, 0.1) is 17.0 Å². The van der Waals surface area contributed by atoms with Gasteiger partial charge in [0.15, 0.2) is 0 Å². The van der Waals surface area contributed by atoms with Gasteiger partial charge in [0.2, 0.25) is 0 Å². The molecule has 2 rings (SSSR count). The molecule has 1 unspecified atom stereocenters. The monoisotopic (exact) mass is 248 g/mol. The molecule has 0 radical (unpaired) electrons. The first-order chi connectivity index (χ1) is 8.61. The first-order valence-corrected chi connectivity index (χ1v) is 5.80. The molecule has 1 aromatic carbocycles. The highest BCUT2D eigenvalue weighted by Crippen LogP contribution is 2.23. The molecule has 0 saturated heterocycles. The molecule has 1 atom stereocenters. The molecule has 0 amide bonds. The minimum absolute atomic E-state index is 0.428. The number of carboxylic acids is 1. The number of H-pyrrole nitrogens is 1. The van der Waals surface area contributed by atoms with Crippen LogP contribution in [0.2, 0.25) is 0 Å². The molecule has 5 nitrogen and oxygen atoms in total. The van der Waals surface area contributed by atoms with E-state index in [1.807, 2.05) is 25.1 Å². The van der Waals surface area contributed by atoms with Gasteiger partial charge in [-0.1, -0.05) is 6.07 Å². The number of imidazole rings is 1. The maximum absolute atomic E-state index is 11.3. The van der Waals surface area contributed by atoms with Crippen LogP contribution in [-0.2, 0) is 9.53 Å². The summed E-state index contributed by atoms with van der Waals surface area (Å²) in [5.41, 5.74) is 2.50. The van der Waals surface area contributed by atoms with Crippen LogP contribution in [0.5, 0.6) is 0 Å². The van der Waals surface area contributed by atoms with Gasteiger partial charge in [-0.05, 0) is 31.0 Å². The minimum Gasteiger partial charge on any atom is -0.481 e. The first kappa shape index (κ1) is 12.6. The van der Waals surface area contributed by atoms with Crippen molar-refractivity contribution in [2.45, 2.75) is 19.3 Å². The van der Waals surface area contributed by atoms with Crippen molar-refractivity contribution in [2.75, 3.05) is 13.7 Å². The smallest absolute Gasteiger partial charge is 0.311 e. The number of nitrogens with zero attached hydrogens (tertiary/aromatic N) is 1. The van der Waals surface area contributed by atoms with Gasteiger partial charge in [-0.25, -0.2) is 4.98 Å². The fourth-order valence-electron chi connectivity index (χ4n) is 2.04. The van der Waals surface area contributed by atoms with Crippen LogP contribution in [0.15, 0.2) is 18.2 Å². The molecule has 2 N–H and O–H groups in total. The van der Waals surface area contributed by atoms with E-state index >= 15 is 0 Å². The second-order valence-corrected chi connectivity index (χ2v) is 4.27. The first-order valence-electron chi connectivity index (χ1n) is 5.80. The zero-order valence-corrected chi connectivity index (χ0v) is 10.4. The minimum atomic E-state index is -0.831. The van der Waals surface area contributed by atoms with Gasteiger partial charge in [-0.3, -0.25) is 4.79 Å². The van der Waals surface area contributed by atoms with E-state index in [-0.39, 0.29) is 0 Å². The van der Waals surface area contributed by atoms with Crippen molar-refractivity contribution >= 4 is 17.0 Å². The molecular weight excluding hydrogens is 232 g/mol. The number of aliphatic carboxylic acids is 1. The van der Waals surface area contributed by atoms with Gasteiger partial charge in [-0.2, -0.15) is 0 Å². The summed E-state index contributed by atoms with van der Waals surface area (Å²) in [5, 5.41) is 9.25. The van der Waals surface area contributed by atoms with Gasteiger partial charge in [0.25, 0.3) is 0 Å². The van der Waals surface area contributed by atoms with Crippen LogP contribution in [0.4, 0.5) is 0 Å². The maximum atomic E-state index is 11.3. The van der Waals surface area contributed by atoms with Crippen LogP contribution in [0.3, 0.4) is 0 Å². The molecule has 0 aliphatic carbocycles. The Morgan fingerprint density at radius 1 is 1.56 bits per heavy atom. The lowest BCUT2D eigenvalue weighted by Gasteiger charge is -2.12. The SMILES string of the molecule is COCCC(C(=O)O)c1ccc2nc(C)[nH]c2c1. The standard InChI is InChI=1S/C13H16N2O3/c1-8-14-11-4-3-9(7-12(11)15-8)10(13(16)17)5-6-18-2/h3-4,7,10H,5-6H2,1-2H3,(H,14,15)(H,16,17). The van der Waals surface area contributed by atoms with Crippen molar-refractivity contribution in [3.63, 3.8) is 0 Å². The summed E-state index contributed by atoms with van der Waals surface area (Å²) in [6, 6.07) is 5.51. The third-order valence-corrected chi connectivity index (χ3v) is 2.94. The number of rotatable bonds is 5. The zero-order valence-electron chi connectivity index (χ0n) is 10.4. The number of benzene rings is 1. The van der Waals surface area contributed by atoms with E-state index in [1.54, 1.807) is 7.11 Å². The summed E-state index contributed by atoms with van der Waals surface area (Å²) in [4.78, 5) is 18.7. The highest BCUT2D eigenvalue weighted by atomic mass is 16.5. The third-order valence-electron chi connectivity index (χ3n) is 2.94. The molecule has 1 heterocycles. The van der Waals surface area contributed by atoms with E-state index in [0.717, 1.165) is 22.4 Å². The van der Waals surface area contributed by atoms with E-state index in [4.69, 9.17) is 4.74 Å². The number of carboxylic acid groups (broad SMARTS) is 1. The lowest BCUT2D eigenvalue weighted by Crippen LogP contribution is -2.13. The number of aromatic amines is 1. The van der Waals surface area contributed by atoms with Crippen LogP contribution in [-0.4, -0.2) is 34.8 Å². The number of nitrogens with one attached hydrogen (secondary N) is 1. The van der Waals surface area contributed by atoms with Crippen molar-refractivity contribution in [1.29, 1.82) is 0 Å². The molecule has 96 valence electrons. The third kappa shape index (κ3) is 2.51. The molecular formula is C13H16N2O3. The van der Waals surface area contributed by atoms with Crippen LogP contribution in [0.1, 0.15) is 23.7 Å². The molecule has 0 fully saturated rings. The van der Waals surface area contributed by atoms with Gasteiger partial charge in [0.1, 0.15) is 5.82 Å². The molecule has 0 saturated carbocycles. The Morgan fingerprint density at radius 2 is 2.33 bits per heavy atom. The fourth-order valence-corrected chi connectivity index (χ4v) is 2.04. The Kier molecular flexibility index (Phi) is 3.62. The predicted octanol–water partition coefficient (Wildman–Crippen LogP) is 2.08. The Morgan fingerprint density at radius 3 is 3.00 bits per heavy atom. The van der Waals surface area contributed by atoms with Gasteiger partial charge in [0, 0.05) is 13.7 Å². The molecule has 18 heavy (non-hydrogen) atoms. The topological polar surface area (TPSA) is 75.2 Å². The Balaban J connectivity index is 2.34.